The maximum atomic E-state index is 13.6. The molecule has 8 heteroatoms. The minimum atomic E-state index is -4.58. The molecular weight excluding hydrogens is 463 g/mol. The van der Waals surface area contributed by atoms with E-state index in [2.05, 4.69) is 0 Å². The Bertz CT molecular complexity index is 1490. The molecule has 1 atom stereocenters. The van der Waals surface area contributed by atoms with E-state index in [-0.39, 0.29) is 28.0 Å². The number of aryl methyl sites for hydroxylation is 1. The predicted molar refractivity (Wildman–Crippen MR) is 126 cm³/mol. The van der Waals surface area contributed by atoms with Crippen LogP contribution in [0.2, 0.25) is 0 Å². The van der Waals surface area contributed by atoms with Crippen LogP contribution in [0.25, 0.3) is 11.0 Å². The van der Waals surface area contributed by atoms with Gasteiger partial charge < -0.3 is 4.42 Å². The molecule has 0 saturated heterocycles. The Hall–Kier alpha value is -3.52. The molecule has 172 valence electrons. The first kappa shape index (κ1) is 22.3. The number of fused-ring (bicyclic) bond motifs is 2. The number of rotatable bonds is 3. The molecule has 0 fully saturated rings. The molecule has 4 aromatic rings. The summed E-state index contributed by atoms with van der Waals surface area (Å²) in [5.41, 5.74) is 0.598. The number of carbonyl (C=O) groups is 1. The van der Waals surface area contributed by atoms with Crippen LogP contribution in [0.15, 0.2) is 80.8 Å². The Kier molecular flexibility index (Phi) is 5.28. The second-order valence-electron chi connectivity index (χ2n) is 8.07. The van der Waals surface area contributed by atoms with Gasteiger partial charge in [0.1, 0.15) is 5.58 Å². The molecule has 2 heterocycles. The topological polar surface area (TPSA) is 50.5 Å². The van der Waals surface area contributed by atoms with Gasteiger partial charge >= 0.3 is 6.18 Å². The number of anilines is 1. The lowest BCUT2D eigenvalue weighted by Gasteiger charge is -2.26. The number of halogens is 3. The van der Waals surface area contributed by atoms with E-state index < -0.39 is 23.7 Å². The average molecular weight is 481 g/mol. The summed E-state index contributed by atoms with van der Waals surface area (Å²) in [5.74, 6) is -0.814. The van der Waals surface area contributed by atoms with Crippen molar-refractivity contribution in [2.24, 2.45) is 0 Å². The predicted octanol–water partition coefficient (Wildman–Crippen LogP) is 6.59. The van der Waals surface area contributed by atoms with Gasteiger partial charge in [-0.3, -0.25) is 14.5 Å². The van der Waals surface area contributed by atoms with Crippen LogP contribution in [0, 0.1) is 6.92 Å². The van der Waals surface area contributed by atoms with Gasteiger partial charge in [-0.1, -0.05) is 29.8 Å². The Labute approximate surface area is 197 Å². The first-order valence-corrected chi connectivity index (χ1v) is 11.6. The molecule has 1 unspecified atom stereocenters. The zero-order valence-corrected chi connectivity index (χ0v) is 19.0. The molecule has 34 heavy (non-hydrogen) atoms. The van der Waals surface area contributed by atoms with E-state index >= 15 is 0 Å². The third kappa shape index (κ3) is 3.58. The van der Waals surface area contributed by atoms with Gasteiger partial charge in [0.25, 0.3) is 5.91 Å². The molecule has 5 rings (SSSR count). The van der Waals surface area contributed by atoms with Gasteiger partial charge in [0.05, 0.1) is 22.6 Å². The summed E-state index contributed by atoms with van der Waals surface area (Å²) in [6.07, 6.45) is -2.66. The third-order valence-corrected chi connectivity index (χ3v) is 6.65. The molecular formula is C26H18F3NO3S. The SMILES string of the molecule is CSc1ccc(C2c3c(oc4ccc(C)cc4c3=O)C(=O)N2c2cccc(C(F)(F)F)c2)cc1. The number of amides is 1. The van der Waals surface area contributed by atoms with Crippen LogP contribution in [0.4, 0.5) is 18.9 Å². The second kappa shape index (κ2) is 8.06. The Morgan fingerprint density at radius 3 is 2.38 bits per heavy atom. The second-order valence-corrected chi connectivity index (χ2v) is 8.95. The van der Waals surface area contributed by atoms with E-state index in [1.807, 2.05) is 25.3 Å². The molecule has 1 amide bonds. The van der Waals surface area contributed by atoms with Crippen molar-refractivity contribution in [3.63, 3.8) is 0 Å². The highest BCUT2D eigenvalue weighted by molar-refractivity contribution is 7.98. The lowest BCUT2D eigenvalue weighted by Crippen LogP contribution is -2.29. The summed E-state index contributed by atoms with van der Waals surface area (Å²) in [6, 6.07) is 15.9. The van der Waals surface area contributed by atoms with Gasteiger partial charge in [-0.2, -0.15) is 13.2 Å². The highest BCUT2D eigenvalue weighted by Gasteiger charge is 2.44. The molecule has 0 N–H and O–H groups in total. The maximum absolute atomic E-state index is 13.6. The minimum Gasteiger partial charge on any atom is -0.450 e. The lowest BCUT2D eigenvalue weighted by atomic mass is 9.98. The summed E-state index contributed by atoms with van der Waals surface area (Å²) in [6.45, 7) is 1.84. The van der Waals surface area contributed by atoms with Crippen LogP contribution in [0.3, 0.4) is 0 Å². The molecule has 0 saturated carbocycles. The van der Waals surface area contributed by atoms with E-state index in [0.29, 0.717) is 10.9 Å². The van der Waals surface area contributed by atoms with Gasteiger partial charge in [-0.05, 0) is 61.2 Å². The van der Waals surface area contributed by atoms with E-state index in [1.165, 1.54) is 28.8 Å². The Morgan fingerprint density at radius 1 is 0.971 bits per heavy atom. The lowest BCUT2D eigenvalue weighted by molar-refractivity contribution is -0.137. The fourth-order valence-corrected chi connectivity index (χ4v) is 4.69. The zero-order valence-electron chi connectivity index (χ0n) is 18.1. The number of thioether (sulfide) groups is 1. The van der Waals surface area contributed by atoms with Crippen LogP contribution in [0.1, 0.15) is 38.9 Å². The number of hydrogen-bond donors (Lipinski definition) is 0. The standard InChI is InChI=1S/C26H18F3NO3S/c1-14-6-11-20-19(12-14)23(31)21-22(15-7-9-18(34-2)10-8-15)30(25(32)24(21)33-20)17-5-3-4-16(13-17)26(27,28)29/h3-13,22H,1-2H3. The summed E-state index contributed by atoms with van der Waals surface area (Å²) < 4.78 is 46.2. The number of alkyl halides is 3. The molecule has 0 bridgehead atoms. The molecule has 4 nitrogen and oxygen atoms in total. The first-order valence-electron chi connectivity index (χ1n) is 10.4. The van der Waals surface area contributed by atoms with Gasteiger partial charge in [0, 0.05) is 10.6 Å². The van der Waals surface area contributed by atoms with Crippen molar-refractivity contribution in [2.75, 3.05) is 11.2 Å². The van der Waals surface area contributed by atoms with Crippen molar-refractivity contribution in [3.8, 4) is 0 Å². The summed E-state index contributed by atoms with van der Waals surface area (Å²) in [5, 5.41) is 0.322. The largest absolute Gasteiger partial charge is 0.450 e. The van der Waals surface area contributed by atoms with Gasteiger partial charge in [-0.25, -0.2) is 0 Å². The van der Waals surface area contributed by atoms with E-state index in [4.69, 9.17) is 4.42 Å². The van der Waals surface area contributed by atoms with Crippen LogP contribution in [0.5, 0.6) is 0 Å². The fraction of sp³-hybridized carbons (Fsp3) is 0.154. The van der Waals surface area contributed by atoms with E-state index in [1.54, 1.807) is 30.3 Å². The monoisotopic (exact) mass is 481 g/mol. The Morgan fingerprint density at radius 2 is 1.71 bits per heavy atom. The highest BCUT2D eigenvalue weighted by atomic mass is 32.2. The van der Waals surface area contributed by atoms with Gasteiger partial charge in [0.2, 0.25) is 5.76 Å². The van der Waals surface area contributed by atoms with Crippen molar-refractivity contribution >= 4 is 34.3 Å². The highest BCUT2D eigenvalue weighted by Crippen LogP contribution is 2.43. The van der Waals surface area contributed by atoms with Crippen LogP contribution in [-0.2, 0) is 6.18 Å². The fourth-order valence-electron chi connectivity index (χ4n) is 4.29. The molecule has 1 aliphatic heterocycles. The summed E-state index contributed by atoms with van der Waals surface area (Å²) >= 11 is 1.53. The smallest absolute Gasteiger partial charge is 0.416 e. The van der Waals surface area contributed by atoms with Gasteiger partial charge in [0.15, 0.2) is 5.43 Å². The number of carbonyl (C=O) groups excluding carboxylic acids is 1. The first-order chi connectivity index (χ1) is 16.2. The average Bonchev–Trinajstić information content (AvgIpc) is 3.11. The van der Waals surface area contributed by atoms with Crippen LogP contribution < -0.4 is 10.3 Å². The minimum absolute atomic E-state index is 0.0322. The van der Waals surface area contributed by atoms with E-state index in [0.717, 1.165) is 22.6 Å². The Balaban J connectivity index is 1.78. The molecule has 3 aromatic carbocycles. The molecule has 1 aromatic heterocycles. The number of nitrogens with zero attached hydrogens (tertiary/aromatic N) is 1. The zero-order chi connectivity index (χ0) is 24.2. The van der Waals surface area contributed by atoms with Crippen LogP contribution in [-0.4, -0.2) is 12.2 Å². The summed E-state index contributed by atoms with van der Waals surface area (Å²) in [4.78, 5) is 29.3. The molecule has 0 radical (unpaired) electrons. The number of benzene rings is 3. The third-order valence-electron chi connectivity index (χ3n) is 5.91. The van der Waals surface area contributed by atoms with E-state index in [9.17, 15) is 22.8 Å². The normalized spacial score (nSPS) is 15.7. The van der Waals surface area contributed by atoms with Crippen molar-refractivity contribution in [2.45, 2.75) is 24.0 Å². The van der Waals surface area contributed by atoms with Crippen molar-refractivity contribution in [3.05, 3.63) is 105 Å². The maximum Gasteiger partial charge on any atom is 0.416 e. The summed E-state index contributed by atoms with van der Waals surface area (Å²) in [7, 11) is 0. The molecule has 0 aliphatic carbocycles. The van der Waals surface area contributed by atoms with Crippen molar-refractivity contribution < 1.29 is 22.4 Å². The number of hydrogen-bond acceptors (Lipinski definition) is 4. The van der Waals surface area contributed by atoms with Crippen molar-refractivity contribution in [1.29, 1.82) is 0 Å². The van der Waals surface area contributed by atoms with Crippen LogP contribution >= 0.6 is 11.8 Å². The van der Waals surface area contributed by atoms with Crippen molar-refractivity contribution in [1.82, 2.24) is 0 Å². The molecule has 1 aliphatic rings. The van der Waals surface area contributed by atoms with Gasteiger partial charge in [-0.15, -0.1) is 11.8 Å². The quantitative estimate of drug-likeness (QED) is 0.310. The molecule has 0 spiro atoms.